The third kappa shape index (κ3) is 8.56. The van der Waals surface area contributed by atoms with Gasteiger partial charge in [0.05, 0.1) is 11.2 Å². The van der Waals surface area contributed by atoms with Gasteiger partial charge in [-0.2, -0.15) is 0 Å². The van der Waals surface area contributed by atoms with Gasteiger partial charge in [0, 0.05) is 74.7 Å². The lowest BCUT2D eigenvalue weighted by Gasteiger charge is -2.30. The Morgan fingerprint density at radius 3 is 2.26 bits per heavy atom. The van der Waals surface area contributed by atoms with E-state index < -0.39 is 17.2 Å². The number of phenols is 2. The van der Waals surface area contributed by atoms with Gasteiger partial charge in [-0.3, -0.25) is 9.59 Å². The first-order chi connectivity index (χ1) is 26.1. The molecule has 2 saturated carbocycles. The topological polar surface area (TPSA) is 192 Å². The fraction of sp³-hybridized carbons (Fsp3) is 0.350. The van der Waals surface area contributed by atoms with Gasteiger partial charge >= 0.3 is 5.97 Å². The van der Waals surface area contributed by atoms with Crippen LogP contribution in [0.4, 0.5) is 10.1 Å². The van der Waals surface area contributed by atoms with E-state index in [0.717, 1.165) is 56.8 Å². The number of ether oxygens (including phenoxy) is 1. The molecule has 286 valence electrons. The molecule has 2 aliphatic carbocycles. The minimum absolute atomic E-state index is 0.0572. The van der Waals surface area contributed by atoms with Crippen molar-refractivity contribution in [3.8, 4) is 28.6 Å². The maximum Gasteiger partial charge on any atom is 0.341 e. The van der Waals surface area contributed by atoms with Crippen LogP contribution in [0.25, 0.3) is 33.2 Å². The number of benzene rings is 3. The van der Waals surface area contributed by atoms with E-state index in [1.54, 1.807) is 6.07 Å². The summed E-state index contributed by atoms with van der Waals surface area (Å²) in [5.74, 6) is -0.485. The predicted octanol–water partition coefficient (Wildman–Crippen LogP) is 5.45. The molecule has 3 heterocycles. The van der Waals surface area contributed by atoms with Crippen molar-refractivity contribution in [3.63, 3.8) is 0 Å². The van der Waals surface area contributed by atoms with Crippen LogP contribution in [0.15, 0.2) is 74.8 Å². The number of piperazine rings is 1. The van der Waals surface area contributed by atoms with Gasteiger partial charge in [-0.05, 0) is 74.4 Å². The van der Waals surface area contributed by atoms with E-state index in [1.807, 2.05) is 40.5 Å². The van der Waals surface area contributed by atoms with Crippen molar-refractivity contribution in [2.45, 2.75) is 51.2 Å². The number of phenolic OH excluding ortho intramolecular Hbond substituents is 2. The van der Waals surface area contributed by atoms with Crippen LogP contribution in [0.5, 0.6) is 17.2 Å². The summed E-state index contributed by atoms with van der Waals surface area (Å²) in [6.07, 6.45) is 7.02. The van der Waals surface area contributed by atoms with E-state index in [2.05, 4.69) is 12.2 Å². The molecule has 2 atom stereocenters. The maximum absolute atomic E-state index is 14.6. The van der Waals surface area contributed by atoms with Gasteiger partial charge in [0.2, 0.25) is 5.43 Å². The Kier molecular flexibility index (Phi) is 12.7. The Labute approximate surface area is 309 Å². The Bertz CT molecular complexity index is 2230. The molecule has 1 saturated heterocycles. The van der Waals surface area contributed by atoms with Gasteiger partial charge in [-0.15, -0.1) is 0 Å². The van der Waals surface area contributed by atoms with Gasteiger partial charge in [0.25, 0.3) is 0 Å². The number of aliphatic hydroxyl groups is 1. The number of aromatic nitrogens is 1. The quantitative estimate of drug-likeness (QED) is 0.148. The molecule has 2 unspecified atom stereocenters. The zero-order valence-corrected chi connectivity index (χ0v) is 30.1. The van der Waals surface area contributed by atoms with E-state index in [-0.39, 0.29) is 51.0 Å². The summed E-state index contributed by atoms with van der Waals surface area (Å²) in [5.41, 5.74) is 0.662. The highest BCUT2D eigenvalue weighted by atomic mass is 19.1. The average Bonchev–Trinajstić information content (AvgIpc) is 3.94. The van der Waals surface area contributed by atoms with E-state index in [4.69, 9.17) is 19.1 Å². The van der Waals surface area contributed by atoms with Crippen molar-refractivity contribution in [3.05, 3.63) is 92.6 Å². The predicted molar refractivity (Wildman–Crippen MR) is 202 cm³/mol. The van der Waals surface area contributed by atoms with Crippen molar-refractivity contribution in [2.24, 2.45) is 5.92 Å². The number of halogens is 1. The highest BCUT2D eigenvalue weighted by Gasteiger charge is 2.28. The number of nitrogens with zero attached hydrogens (tertiary/aromatic N) is 2. The molecular formula is C40H44FN3O10. The highest BCUT2D eigenvalue weighted by molar-refractivity contribution is 5.93. The molecule has 5 aromatic rings. The standard InChI is InChI=1S/C21H20O5.C17H18FN3O3.CH4O.CH2O/c1-12-3-2-4-18(12)25-15-7-5-13(6-8-15)19-11-17(24)21-16(23)9-14(22)10-20(21)26-19;18-13-7-11-14(8-15(13)20-5-3-19-4-6-20)21(10-1-2-10)9-12(16(11)22)17(23)24;2*1-2/h5-12,18,22-23H,2-4H2,1H3;7-10,19H,1-6H2,(H,23,24);2H,1H3;1H2. The van der Waals surface area contributed by atoms with Crippen molar-refractivity contribution in [2.75, 3.05) is 38.2 Å². The summed E-state index contributed by atoms with van der Waals surface area (Å²) in [6.45, 7) is 7.17. The second-order valence-electron chi connectivity index (χ2n) is 13.3. The number of hydrogen-bond acceptors (Lipinski definition) is 11. The monoisotopic (exact) mass is 745 g/mol. The molecule has 14 heteroatoms. The lowest BCUT2D eigenvalue weighted by Crippen LogP contribution is -2.43. The molecule has 5 N–H and O–H groups in total. The van der Waals surface area contributed by atoms with Crippen LogP contribution in [-0.4, -0.2) is 77.1 Å². The SMILES string of the molecule is C=O.CC1CCCC1Oc1ccc(-c2cc(=O)c3c(O)cc(O)cc3o2)cc1.CO.O=C(O)c1cn(C2CC2)c2cc(N3CCNCC3)c(F)cc2c1=O. The highest BCUT2D eigenvalue weighted by Crippen LogP contribution is 2.38. The number of aromatic carboxylic acids is 1. The molecule has 3 fully saturated rings. The van der Waals surface area contributed by atoms with Gasteiger partial charge < -0.3 is 49.2 Å². The second kappa shape index (κ2) is 17.4. The van der Waals surface area contributed by atoms with E-state index in [0.29, 0.717) is 36.0 Å². The summed E-state index contributed by atoms with van der Waals surface area (Å²) in [4.78, 5) is 46.0. The number of rotatable bonds is 6. The fourth-order valence-corrected chi connectivity index (χ4v) is 6.87. The molecule has 3 aromatic carbocycles. The van der Waals surface area contributed by atoms with E-state index in [9.17, 15) is 34.1 Å². The van der Waals surface area contributed by atoms with Gasteiger partial charge in [-0.1, -0.05) is 6.92 Å². The zero-order valence-electron chi connectivity index (χ0n) is 30.1. The maximum atomic E-state index is 14.6. The Balaban J connectivity index is 0.000000191. The molecular weight excluding hydrogens is 701 g/mol. The van der Waals surface area contributed by atoms with Crippen LogP contribution in [0.2, 0.25) is 0 Å². The fourth-order valence-electron chi connectivity index (χ4n) is 6.87. The first kappa shape index (κ1) is 39.5. The van der Waals surface area contributed by atoms with Crippen LogP contribution < -0.4 is 25.8 Å². The van der Waals surface area contributed by atoms with E-state index >= 15 is 0 Å². The number of aromatic hydroxyl groups is 2. The van der Waals surface area contributed by atoms with Crippen LogP contribution in [0.3, 0.4) is 0 Å². The number of hydrogen-bond donors (Lipinski definition) is 5. The number of carbonyl (C=O) groups excluding carboxylic acids is 1. The Morgan fingerprint density at radius 2 is 1.65 bits per heavy atom. The molecule has 54 heavy (non-hydrogen) atoms. The summed E-state index contributed by atoms with van der Waals surface area (Å²) in [6, 6.07) is 14.3. The molecule has 0 amide bonds. The van der Waals surface area contributed by atoms with E-state index in [1.165, 1.54) is 37.2 Å². The smallest absolute Gasteiger partial charge is 0.341 e. The molecule has 13 nitrogen and oxygen atoms in total. The number of pyridine rings is 1. The summed E-state index contributed by atoms with van der Waals surface area (Å²) in [7, 11) is 1.00. The number of carboxylic acid groups (broad SMARTS) is 1. The summed E-state index contributed by atoms with van der Waals surface area (Å²) >= 11 is 0. The lowest BCUT2D eigenvalue weighted by atomic mass is 10.1. The molecule has 0 radical (unpaired) electrons. The number of carbonyl (C=O) groups is 2. The zero-order chi connectivity index (χ0) is 39.1. The molecule has 0 spiro atoms. The number of fused-ring (bicyclic) bond motifs is 2. The number of anilines is 1. The van der Waals surface area contributed by atoms with Gasteiger partial charge in [0.15, 0.2) is 5.43 Å². The molecule has 8 rings (SSSR count). The summed E-state index contributed by atoms with van der Waals surface area (Å²) < 4.78 is 28.2. The molecule has 0 bridgehead atoms. The van der Waals surface area contributed by atoms with Crippen molar-refractivity contribution in [1.82, 2.24) is 9.88 Å². The van der Waals surface area contributed by atoms with Gasteiger partial charge in [0.1, 0.15) is 58.3 Å². The third-order valence-corrected chi connectivity index (χ3v) is 9.73. The first-order valence-corrected chi connectivity index (χ1v) is 17.6. The Hall–Kier alpha value is -5.73. The van der Waals surface area contributed by atoms with Crippen LogP contribution in [0.1, 0.15) is 55.4 Å². The molecule has 2 aromatic heterocycles. The number of carboxylic acids is 1. The number of aliphatic hydroxyl groups excluding tert-OH is 1. The normalized spacial score (nSPS) is 17.7. The Morgan fingerprint density at radius 1 is 0.963 bits per heavy atom. The van der Waals surface area contributed by atoms with Crippen molar-refractivity contribution >= 4 is 40.3 Å². The van der Waals surface area contributed by atoms with Crippen LogP contribution >= 0.6 is 0 Å². The third-order valence-electron chi connectivity index (χ3n) is 9.73. The number of nitrogens with one attached hydrogen (secondary N) is 1. The first-order valence-electron chi connectivity index (χ1n) is 17.6. The van der Waals surface area contributed by atoms with Gasteiger partial charge in [-0.25, -0.2) is 9.18 Å². The minimum Gasteiger partial charge on any atom is -0.508 e. The average molecular weight is 746 g/mol. The van der Waals surface area contributed by atoms with Crippen molar-refractivity contribution < 1.29 is 43.6 Å². The van der Waals surface area contributed by atoms with Crippen LogP contribution in [0, 0.1) is 11.7 Å². The summed E-state index contributed by atoms with van der Waals surface area (Å²) in [5, 5.41) is 39.1. The van der Waals surface area contributed by atoms with Crippen LogP contribution in [-0.2, 0) is 4.79 Å². The second-order valence-corrected chi connectivity index (χ2v) is 13.3. The minimum atomic E-state index is -1.28. The largest absolute Gasteiger partial charge is 0.508 e. The van der Waals surface area contributed by atoms with Crippen molar-refractivity contribution in [1.29, 1.82) is 0 Å². The molecule has 3 aliphatic rings. The lowest BCUT2D eigenvalue weighted by molar-refractivity contribution is -0.0980. The molecule has 1 aliphatic heterocycles.